The van der Waals surface area contributed by atoms with Crippen LogP contribution in [0.4, 0.5) is 5.13 Å². The molecule has 0 amide bonds. The number of hydrogen-bond acceptors (Lipinski definition) is 4. The van der Waals surface area contributed by atoms with Crippen LogP contribution in [0.1, 0.15) is 56.5 Å². The molecule has 0 bridgehead atoms. The maximum atomic E-state index is 5.02. The van der Waals surface area contributed by atoms with Gasteiger partial charge in [0.05, 0.1) is 5.69 Å². The first kappa shape index (κ1) is 15.3. The van der Waals surface area contributed by atoms with E-state index in [0.29, 0.717) is 0 Å². The summed E-state index contributed by atoms with van der Waals surface area (Å²) in [7, 11) is 0. The van der Waals surface area contributed by atoms with Crippen LogP contribution in [0.3, 0.4) is 0 Å². The zero-order valence-electron chi connectivity index (χ0n) is 13.5. The lowest BCUT2D eigenvalue weighted by Gasteiger charge is -2.21. The van der Waals surface area contributed by atoms with E-state index < -0.39 is 0 Å². The van der Waals surface area contributed by atoms with Gasteiger partial charge in [-0.2, -0.15) is 0 Å². The van der Waals surface area contributed by atoms with Gasteiger partial charge < -0.3 is 10.2 Å². The van der Waals surface area contributed by atoms with Crippen molar-refractivity contribution in [3.8, 4) is 0 Å². The molecule has 118 valence electrons. The summed E-state index contributed by atoms with van der Waals surface area (Å²) in [6.45, 7) is 8.94. The highest BCUT2D eigenvalue weighted by atomic mass is 32.1. The van der Waals surface area contributed by atoms with Gasteiger partial charge in [0.1, 0.15) is 0 Å². The summed E-state index contributed by atoms with van der Waals surface area (Å²) in [6.07, 6.45) is 8.03. The van der Waals surface area contributed by atoms with Gasteiger partial charge >= 0.3 is 0 Å². The van der Waals surface area contributed by atoms with Crippen molar-refractivity contribution in [2.24, 2.45) is 11.8 Å². The van der Waals surface area contributed by atoms with Gasteiger partial charge in [-0.05, 0) is 50.5 Å². The second-order valence-electron chi connectivity index (χ2n) is 6.69. The van der Waals surface area contributed by atoms with Crippen molar-refractivity contribution < 1.29 is 0 Å². The molecule has 2 saturated carbocycles. The van der Waals surface area contributed by atoms with E-state index in [2.05, 4.69) is 24.1 Å². The molecule has 0 atom stereocenters. The number of aromatic nitrogens is 1. The first-order valence-corrected chi connectivity index (χ1v) is 9.56. The second kappa shape index (κ2) is 7.10. The standard InChI is InChI=1S/C17H29N3S/c1-3-5-15-16(10-18-4-2)21-17(19-15)20(11-13-6-7-13)12-14-8-9-14/h13-14,18H,3-12H2,1-2H3. The molecule has 0 spiro atoms. The summed E-state index contributed by atoms with van der Waals surface area (Å²) in [6, 6.07) is 0. The highest BCUT2D eigenvalue weighted by Gasteiger charge is 2.30. The molecule has 0 unspecified atom stereocenters. The van der Waals surface area contributed by atoms with Crippen LogP contribution in [0.25, 0.3) is 0 Å². The first-order valence-electron chi connectivity index (χ1n) is 8.74. The van der Waals surface area contributed by atoms with E-state index in [0.717, 1.165) is 31.3 Å². The summed E-state index contributed by atoms with van der Waals surface area (Å²) < 4.78 is 0. The Bertz CT molecular complexity index is 435. The van der Waals surface area contributed by atoms with E-state index in [1.807, 2.05) is 11.3 Å². The van der Waals surface area contributed by atoms with Crippen LogP contribution in [0, 0.1) is 11.8 Å². The van der Waals surface area contributed by atoms with Crippen molar-refractivity contribution in [1.29, 1.82) is 0 Å². The third-order valence-electron chi connectivity index (χ3n) is 4.41. The Kier molecular flexibility index (Phi) is 5.17. The summed E-state index contributed by atoms with van der Waals surface area (Å²) in [4.78, 5) is 9.09. The van der Waals surface area contributed by atoms with E-state index in [1.54, 1.807) is 0 Å². The Morgan fingerprint density at radius 2 is 1.81 bits per heavy atom. The molecule has 0 aromatic carbocycles. The molecule has 2 fully saturated rings. The van der Waals surface area contributed by atoms with Crippen LogP contribution in [-0.2, 0) is 13.0 Å². The van der Waals surface area contributed by atoms with Gasteiger partial charge in [0.2, 0.25) is 0 Å². The van der Waals surface area contributed by atoms with E-state index >= 15 is 0 Å². The smallest absolute Gasteiger partial charge is 0.185 e. The molecule has 21 heavy (non-hydrogen) atoms. The molecular weight excluding hydrogens is 278 g/mol. The van der Waals surface area contributed by atoms with Gasteiger partial charge in [0.25, 0.3) is 0 Å². The third-order valence-corrected chi connectivity index (χ3v) is 5.57. The highest BCUT2D eigenvalue weighted by molar-refractivity contribution is 7.15. The molecular formula is C17H29N3S. The number of rotatable bonds is 10. The maximum absolute atomic E-state index is 5.02. The largest absolute Gasteiger partial charge is 0.348 e. The minimum Gasteiger partial charge on any atom is -0.348 e. The summed E-state index contributed by atoms with van der Waals surface area (Å²) in [5.41, 5.74) is 1.34. The van der Waals surface area contributed by atoms with Crippen molar-refractivity contribution in [3.63, 3.8) is 0 Å². The van der Waals surface area contributed by atoms with Gasteiger partial charge in [0, 0.05) is 24.5 Å². The molecule has 2 aliphatic carbocycles. The maximum Gasteiger partial charge on any atom is 0.185 e. The Hall–Kier alpha value is -0.610. The fraction of sp³-hybridized carbons (Fsp3) is 0.824. The predicted octanol–water partition coefficient (Wildman–Crippen LogP) is 3.83. The average molecular weight is 308 g/mol. The molecule has 0 radical (unpaired) electrons. The minimum absolute atomic E-state index is 0.944. The summed E-state index contributed by atoms with van der Waals surface area (Å²) >= 11 is 1.94. The van der Waals surface area contributed by atoms with Gasteiger partial charge in [0.15, 0.2) is 5.13 Å². The molecule has 3 nitrogen and oxygen atoms in total. The van der Waals surface area contributed by atoms with E-state index in [4.69, 9.17) is 4.98 Å². The molecule has 1 N–H and O–H groups in total. The van der Waals surface area contributed by atoms with Crippen molar-refractivity contribution in [1.82, 2.24) is 10.3 Å². The summed E-state index contributed by atoms with van der Waals surface area (Å²) in [5.74, 6) is 1.89. The third kappa shape index (κ3) is 4.43. The van der Waals surface area contributed by atoms with Gasteiger partial charge in [-0.1, -0.05) is 20.3 Å². The highest BCUT2D eigenvalue weighted by Crippen LogP contribution is 2.37. The quantitative estimate of drug-likeness (QED) is 0.712. The normalized spacial score (nSPS) is 18.2. The van der Waals surface area contributed by atoms with Crippen molar-refractivity contribution in [2.45, 2.75) is 58.9 Å². The van der Waals surface area contributed by atoms with E-state index in [1.165, 1.54) is 60.9 Å². The minimum atomic E-state index is 0.944. The molecule has 3 rings (SSSR count). The molecule has 1 aromatic rings. The van der Waals surface area contributed by atoms with Crippen LogP contribution in [0.15, 0.2) is 0 Å². The molecule has 4 heteroatoms. The lowest BCUT2D eigenvalue weighted by atomic mass is 10.2. The molecule has 0 aliphatic heterocycles. The Morgan fingerprint density at radius 1 is 1.14 bits per heavy atom. The number of nitrogens with one attached hydrogen (secondary N) is 1. The predicted molar refractivity (Wildman–Crippen MR) is 91.2 cm³/mol. The van der Waals surface area contributed by atoms with Crippen LogP contribution in [0.2, 0.25) is 0 Å². The van der Waals surface area contributed by atoms with Gasteiger partial charge in [-0.25, -0.2) is 4.98 Å². The summed E-state index contributed by atoms with van der Waals surface area (Å²) in [5, 5.41) is 4.77. The van der Waals surface area contributed by atoms with Crippen molar-refractivity contribution >= 4 is 16.5 Å². The van der Waals surface area contributed by atoms with Gasteiger partial charge in [-0.15, -0.1) is 11.3 Å². The monoisotopic (exact) mass is 307 g/mol. The lowest BCUT2D eigenvalue weighted by Crippen LogP contribution is -2.27. The second-order valence-corrected chi connectivity index (χ2v) is 7.75. The molecule has 1 heterocycles. The van der Waals surface area contributed by atoms with Crippen LogP contribution in [-0.4, -0.2) is 24.6 Å². The molecule has 1 aromatic heterocycles. The Labute approximate surface area is 133 Å². The van der Waals surface area contributed by atoms with Crippen LogP contribution < -0.4 is 10.2 Å². The SMILES string of the molecule is CCCc1nc(N(CC2CC2)CC2CC2)sc1CNCC. The van der Waals surface area contributed by atoms with Crippen molar-refractivity contribution in [2.75, 3.05) is 24.5 Å². The number of thiazole rings is 1. The van der Waals surface area contributed by atoms with Crippen LogP contribution in [0.5, 0.6) is 0 Å². The van der Waals surface area contributed by atoms with E-state index in [9.17, 15) is 0 Å². The zero-order valence-corrected chi connectivity index (χ0v) is 14.3. The average Bonchev–Trinajstić information content (AvgIpc) is 3.39. The molecule has 2 aliphatic rings. The Balaban J connectivity index is 1.72. The first-order chi connectivity index (χ1) is 10.3. The number of nitrogens with zero attached hydrogens (tertiary/aromatic N) is 2. The molecule has 0 saturated heterocycles. The fourth-order valence-corrected chi connectivity index (χ4v) is 3.86. The number of hydrogen-bond donors (Lipinski definition) is 1. The Morgan fingerprint density at radius 3 is 2.33 bits per heavy atom. The van der Waals surface area contributed by atoms with Crippen molar-refractivity contribution in [3.05, 3.63) is 10.6 Å². The number of anilines is 1. The lowest BCUT2D eigenvalue weighted by molar-refractivity contribution is 0.675. The fourth-order valence-electron chi connectivity index (χ4n) is 2.77. The zero-order chi connectivity index (χ0) is 14.7. The van der Waals surface area contributed by atoms with Gasteiger partial charge in [-0.3, -0.25) is 0 Å². The van der Waals surface area contributed by atoms with Crippen LogP contribution >= 0.6 is 11.3 Å². The number of aryl methyl sites for hydroxylation is 1. The topological polar surface area (TPSA) is 28.2 Å². The van der Waals surface area contributed by atoms with E-state index in [-0.39, 0.29) is 0 Å².